The molecule has 0 atom stereocenters. The van der Waals surface area contributed by atoms with Crippen LogP contribution in [0.5, 0.6) is 0 Å². The van der Waals surface area contributed by atoms with Gasteiger partial charge in [-0.2, -0.15) is 0 Å². The summed E-state index contributed by atoms with van der Waals surface area (Å²) in [5.41, 5.74) is 5.73. The highest BCUT2D eigenvalue weighted by molar-refractivity contribution is 5.94. The van der Waals surface area contributed by atoms with Crippen LogP contribution < -0.4 is 15.8 Å². The number of nitrogens with one attached hydrogen (secondary N) is 2. The first-order chi connectivity index (χ1) is 13.0. The predicted molar refractivity (Wildman–Crippen MR) is 98.5 cm³/mol. The van der Waals surface area contributed by atoms with E-state index in [1.54, 1.807) is 12.1 Å². The van der Waals surface area contributed by atoms with Gasteiger partial charge in [-0.3, -0.25) is 15.6 Å². The maximum Gasteiger partial charge on any atom is 0.272 e. The van der Waals surface area contributed by atoms with Crippen molar-refractivity contribution in [3.05, 3.63) is 71.6 Å². The van der Waals surface area contributed by atoms with Crippen LogP contribution in [-0.2, 0) is 0 Å². The van der Waals surface area contributed by atoms with Gasteiger partial charge >= 0.3 is 0 Å². The number of nitrogens with zero attached hydrogens (tertiary/aromatic N) is 1. The van der Waals surface area contributed by atoms with Crippen molar-refractivity contribution in [2.75, 3.05) is 18.0 Å². The molecule has 2 N–H and O–H groups in total. The van der Waals surface area contributed by atoms with Crippen LogP contribution in [-0.4, -0.2) is 19.0 Å². The first kappa shape index (κ1) is 18.8. The predicted octanol–water partition coefficient (Wildman–Crippen LogP) is 4.00. The fraction of sp³-hybridized carbons (Fsp3) is 0.250. The third-order valence-corrected chi connectivity index (χ3v) is 4.50. The number of rotatable bonds is 5. The molecule has 0 radical (unpaired) electrons. The molecule has 1 aliphatic rings. The number of halogens is 3. The average Bonchev–Trinajstić information content (AvgIpc) is 2.66. The summed E-state index contributed by atoms with van der Waals surface area (Å²) in [5, 5.41) is 0. The normalized spacial score (nSPS) is 14.0. The van der Waals surface area contributed by atoms with Gasteiger partial charge in [-0.1, -0.05) is 12.6 Å². The Kier molecular flexibility index (Phi) is 5.69. The van der Waals surface area contributed by atoms with Crippen molar-refractivity contribution < 1.29 is 18.0 Å². The van der Waals surface area contributed by atoms with E-state index in [1.165, 1.54) is 6.07 Å². The summed E-state index contributed by atoms with van der Waals surface area (Å²) in [4.78, 5) is 14.0. The Morgan fingerprint density at radius 2 is 1.67 bits per heavy atom. The summed E-state index contributed by atoms with van der Waals surface area (Å²) in [6.07, 6.45) is 3.24. The minimum Gasteiger partial charge on any atom is -0.369 e. The Bertz CT molecular complexity index is 864. The minimum absolute atomic E-state index is 0.245. The van der Waals surface area contributed by atoms with Gasteiger partial charge in [0.25, 0.3) is 5.91 Å². The van der Waals surface area contributed by atoms with E-state index in [2.05, 4.69) is 17.4 Å². The highest BCUT2D eigenvalue weighted by atomic mass is 19.1. The molecule has 1 fully saturated rings. The Labute approximate surface area is 155 Å². The average molecular weight is 375 g/mol. The lowest BCUT2D eigenvalue weighted by atomic mass is 10.1. The van der Waals surface area contributed by atoms with E-state index >= 15 is 0 Å². The maximum atomic E-state index is 14.5. The van der Waals surface area contributed by atoms with E-state index in [4.69, 9.17) is 0 Å². The van der Waals surface area contributed by atoms with Crippen LogP contribution in [0.25, 0.3) is 5.70 Å². The number of amides is 1. The molecule has 7 heteroatoms. The topological polar surface area (TPSA) is 44.4 Å². The van der Waals surface area contributed by atoms with E-state index < -0.39 is 17.5 Å². The maximum absolute atomic E-state index is 14.5. The van der Waals surface area contributed by atoms with Crippen molar-refractivity contribution in [1.82, 2.24) is 10.9 Å². The highest BCUT2D eigenvalue weighted by Gasteiger charge is 2.16. The molecule has 2 aromatic carbocycles. The molecule has 0 aliphatic carbocycles. The second kappa shape index (κ2) is 8.16. The molecule has 3 rings (SSSR count). The SMILES string of the molecule is C=C(NNC(=O)c1ccc(F)cc1F)c1ccc(N2CCCCC2)c(F)c1. The largest absolute Gasteiger partial charge is 0.369 e. The van der Waals surface area contributed by atoms with Crippen molar-refractivity contribution in [1.29, 1.82) is 0 Å². The molecule has 27 heavy (non-hydrogen) atoms. The van der Waals surface area contributed by atoms with Crippen molar-refractivity contribution in [3.63, 3.8) is 0 Å². The monoisotopic (exact) mass is 375 g/mol. The molecule has 0 saturated carbocycles. The quantitative estimate of drug-likeness (QED) is 0.777. The van der Waals surface area contributed by atoms with Gasteiger partial charge in [0.15, 0.2) is 0 Å². The molecule has 0 unspecified atom stereocenters. The Hall–Kier alpha value is -2.96. The lowest BCUT2D eigenvalue weighted by molar-refractivity contribution is 0.0938. The van der Waals surface area contributed by atoms with Gasteiger partial charge < -0.3 is 4.90 Å². The van der Waals surface area contributed by atoms with Crippen molar-refractivity contribution >= 4 is 17.3 Å². The van der Waals surface area contributed by atoms with E-state index in [1.807, 2.05) is 4.90 Å². The molecule has 4 nitrogen and oxygen atoms in total. The highest BCUT2D eigenvalue weighted by Crippen LogP contribution is 2.25. The number of hydrogen-bond acceptors (Lipinski definition) is 3. The summed E-state index contributed by atoms with van der Waals surface area (Å²) in [6.45, 7) is 5.41. The summed E-state index contributed by atoms with van der Waals surface area (Å²) in [7, 11) is 0. The Morgan fingerprint density at radius 1 is 0.926 bits per heavy atom. The van der Waals surface area contributed by atoms with Gasteiger partial charge in [0.2, 0.25) is 0 Å². The van der Waals surface area contributed by atoms with Crippen LogP contribution in [0.15, 0.2) is 43.0 Å². The van der Waals surface area contributed by atoms with Gasteiger partial charge in [0.05, 0.1) is 16.9 Å². The van der Waals surface area contributed by atoms with Crippen LogP contribution in [0.1, 0.15) is 35.2 Å². The minimum atomic E-state index is -0.975. The molecule has 1 amide bonds. The third kappa shape index (κ3) is 4.42. The molecule has 0 aromatic heterocycles. The summed E-state index contributed by atoms with van der Waals surface area (Å²) in [5.74, 6) is -2.91. The number of benzene rings is 2. The summed E-state index contributed by atoms with van der Waals surface area (Å²) < 4.78 is 41.0. The van der Waals surface area contributed by atoms with E-state index in [0.29, 0.717) is 17.3 Å². The zero-order valence-electron chi connectivity index (χ0n) is 14.7. The Balaban J connectivity index is 1.64. The van der Waals surface area contributed by atoms with Gasteiger partial charge in [-0.05, 0) is 43.5 Å². The number of carbonyl (C=O) groups excluding carboxylic acids is 1. The fourth-order valence-electron chi connectivity index (χ4n) is 3.03. The zero-order valence-corrected chi connectivity index (χ0v) is 14.7. The van der Waals surface area contributed by atoms with Crippen LogP contribution in [0.4, 0.5) is 18.9 Å². The lowest BCUT2D eigenvalue weighted by Gasteiger charge is -2.29. The molecular weight excluding hydrogens is 355 g/mol. The van der Waals surface area contributed by atoms with Crippen LogP contribution >= 0.6 is 0 Å². The molecular formula is C20H20F3N3O. The molecule has 142 valence electrons. The van der Waals surface area contributed by atoms with Crippen LogP contribution in [0.2, 0.25) is 0 Å². The molecule has 0 bridgehead atoms. The van der Waals surface area contributed by atoms with Crippen molar-refractivity contribution in [2.24, 2.45) is 0 Å². The van der Waals surface area contributed by atoms with E-state index in [0.717, 1.165) is 44.5 Å². The number of piperidine rings is 1. The summed E-state index contributed by atoms with van der Waals surface area (Å²) in [6, 6.07) is 7.37. The fourth-order valence-corrected chi connectivity index (χ4v) is 3.03. The first-order valence-electron chi connectivity index (χ1n) is 8.71. The third-order valence-electron chi connectivity index (χ3n) is 4.50. The van der Waals surface area contributed by atoms with E-state index in [9.17, 15) is 18.0 Å². The second-order valence-corrected chi connectivity index (χ2v) is 6.40. The van der Waals surface area contributed by atoms with Crippen LogP contribution in [0, 0.1) is 17.5 Å². The van der Waals surface area contributed by atoms with Crippen LogP contribution in [0.3, 0.4) is 0 Å². The zero-order chi connectivity index (χ0) is 19.4. The standard InChI is InChI=1S/C20H20F3N3O/c1-13(24-25-20(27)16-7-6-15(21)12-17(16)22)14-5-8-19(18(23)11-14)26-9-3-2-4-10-26/h5-8,11-12,24H,1-4,9-10H2,(H,25,27). The van der Waals surface area contributed by atoms with Crippen molar-refractivity contribution in [3.8, 4) is 0 Å². The van der Waals surface area contributed by atoms with Gasteiger partial charge in [-0.15, -0.1) is 0 Å². The molecule has 1 heterocycles. The number of hydrazine groups is 1. The van der Waals surface area contributed by atoms with Gasteiger partial charge in [0.1, 0.15) is 17.5 Å². The smallest absolute Gasteiger partial charge is 0.272 e. The summed E-state index contributed by atoms with van der Waals surface area (Å²) >= 11 is 0. The molecule has 1 aliphatic heterocycles. The number of hydrogen-bond donors (Lipinski definition) is 2. The molecule has 0 spiro atoms. The second-order valence-electron chi connectivity index (χ2n) is 6.40. The molecule has 1 saturated heterocycles. The first-order valence-corrected chi connectivity index (χ1v) is 8.71. The molecule has 2 aromatic rings. The van der Waals surface area contributed by atoms with E-state index in [-0.39, 0.29) is 17.1 Å². The lowest BCUT2D eigenvalue weighted by Crippen LogP contribution is -2.36. The van der Waals surface area contributed by atoms with Gasteiger partial charge in [0, 0.05) is 24.7 Å². The number of carbonyl (C=O) groups is 1. The Morgan fingerprint density at radius 3 is 2.33 bits per heavy atom. The van der Waals surface area contributed by atoms with Gasteiger partial charge in [-0.25, -0.2) is 13.2 Å². The van der Waals surface area contributed by atoms with Crippen molar-refractivity contribution in [2.45, 2.75) is 19.3 Å². The number of anilines is 1.